The molecule has 2 fully saturated rings. The SMILES string of the molecule is CC[C@@H]1CC(N(Cc2cc(C(F)(F)F)cc(C(F)(F)F)c2)c2ncc(-c3ccn(C)c3)cn2)C[C@H](CC)N1C(=O)OCC1(C(=O)O)CCCC1. The molecule has 1 amide bonds. The molecule has 2 aromatic heterocycles. The first-order valence-corrected chi connectivity index (χ1v) is 16.7. The van der Waals surface area contributed by atoms with E-state index < -0.39 is 59.1 Å². The molecule has 1 saturated heterocycles. The lowest BCUT2D eigenvalue weighted by Crippen LogP contribution is -2.57. The minimum absolute atomic E-state index is 0.101. The molecule has 9 nitrogen and oxygen atoms in total. The molecule has 15 heteroatoms. The van der Waals surface area contributed by atoms with Crippen molar-refractivity contribution in [2.45, 2.75) is 102 Å². The molecule has 1 aliphatic carbocycles. The second-order valence-electron chi connectivity index (χ2n) is 13.4. The number of carboxylic acids is 1. The zero-order valence-electron chi connectivity index (χ0n) is 28.1. The molecule has 2 aliphatic rings. The highest BCUT2D eigenvalue weighted by molar-refractivity contribution is 5.76. The molecule has 272 valence electrons. The van der Waals surface area contributed by atoms with Gasteiger partial charge in [-0.3, -0.25) is 4.79 Å². The molecule has 3 aromatic rings. The number of halogens is 6. The maximum atomic E-state index is 13.8. The summed E-state index contributed by atoms with van der Waals surface area (Å²) in [6.07, 6.45) is -0.0649. The lowest BCUT2D eigenvalue weighted by molar-refractivity contribution is -0.151. The second-order valence-corrected chi connectivity index (χ2v) is 13.4. The van der Waals surface area contributed by atoms with Gasteiger partial charge < -0.3 is 24.2 Å². The molecule has 0 radical (unpaired) electrons. The summed E-state index contributed by atoms with van der Waals surface area (Å²) >= 11 is 0. The predicted molar refractivity (Wildman–Crippen MR) is 172 cm³/mol. The van der Waals surface area contributed by atoms with Gasteiger partial charge in [-0.2, -0.15) is 26.3 Å². The Hall–Kier alpha value is -4.30. The van der Waals surface area contributed by atoms with Crippen molar-refractivity contribution < 1.29 is 45.8 Å². The Balaban J connectivity index is 1.48. The molecule has 3 atom stereocenters. The first-order valence-electron chi connectivity index (χ1n) is 16.7. The van der Waals surface area contributed by atoms with Gasteiger partial charge in [-0.25, -0.2) is 14.8 Å². The Morgan fingerprint density at radius 2 is 1.50 bits per heavy atom. The largest absolute Gasteiger partial charge is 0.481 e. The maximum absolute atomic E-state index is 13.8. The van der Waals surface area contributed by atoms with E-state index in [0.29, 0.717) is 56.2 Å². The van der Waals surface area contributed by atoms with Crippen molar-refractivity contribution in [2.75, 3.05) is 11.5 Å². The molecule has 0 bridgehead atoms. The van der Waals surface area contributed by atoms with Crippen molar-refractivity contribution in [1.82, 2.24) is 19.4 Å². The standard InChI is InChI=1S/C35H41F6N5O4/c1-4-27-15-29(16-28(5-2)46(27)32(49)50-21-33(30(47)48)9-6-7-10-33)45(31-42-17-24(18-43-31)23-8-11-44(3)20-23)19-22-12-25(34(36,37)38)14-26(13-22)35(39,40)41/h8,11-14,17-18,20,27-29H,4-7,9-10,15-16,19,21H2,1-3H3,(H,47,48)/t27-,28+,29?. The number of aryl methyl sites for hydroxylation is 1. The van der Waals surface area contributed by atoms with Crippen LogP contribution in [0.4, 0.5) is 37.1 Å². The van der Waals surface area contributed by atoms with Crippen LogP contribution in [0, 0.1) is 5.41 Å². The Labute approximate surface area is 286 Å². The number of ether oxygens (including phenoxy) is 1. The van der Waals surface area contributed by atoms with Gasteiger partial charge in [0, 0.05) is 67.6 Å². The third kappa shape index (κ3) is 8.02. The topological polar surface area (TPSA) is 101 Å². The van der Waals surface area contributed by atoms with Crippen molar-refractivity contribution in [1.29, 1.82) is 0 Å². The second kappa shape index (κ2) is 14.5. The number of aliphatic carboxylic acids is 1. The first kappa shape index (κ1) is 37.0. The quantitative estimate of drug-likeness (QED) is 0.211. The fraction of sp³-hybridized carbons (Fsp3) is 0.543. The van der Waals surface area contributed by atoms with Crippen LogP contribution < -0.4 is 4.90 Å². The summed E-state index contributed by atoms with van der Waals surface area (Å²) < 4.78 is 90.4. The van der Waals surface area contributed by atoms with Crippen molar-refractivity contribution in [2.24, 2.45) is 12.5 Å². The van der Waals surface area contributed by atoms with Gasteiger partial charge in [0.15, 0.2) is 0 Å². The van der Waals surface area contributed by atoms with Crippen molar-refractivity contribution in [3.63, 3.8) is 0 Å². The summed E-state index contributed by atoms with van der Waals surface area (Å²) in [6.45, 7) is 3.13. The normalized spacial score (nSPS) is 20.9. The third-order valence-electron chi connectivity index (χ3n) is 10.0. The lowest BCUT2D eigenvalue weighted by Gasteiger charge is -2.47. The first-order chi connectivity index (χ1) is 23.5. The summed E-state index contributed by atoms with van der Waals surface area (Å²) in [4.78, 5) is 38.0. The van der Waals surface area contributed by atoms with Crippen molar-refractivity contribution >= 4 is 18.0 Å². The van der Waals surface area contributed by atoms with Crippen LogP contribution in [0.15, 0.2) is 49.1 Å². The Kier molecular flexibility index (Phi) is 10.7. The molecular weight excluding hydrogens is 668 g/mol. The molecule has 1 aliphatic heterocycles. The van der Waals surface area contributed by atoms with E-state index in [1.54, 1.807) is 22.2 Å². The molecular formula is C35H41F6N5O4. The number of amides is 1. The third-order valence-corrected chi connectivity index (χ3v) is 10.0. The molecule has 1 unspecified atom stereocenters. The number of hydrogen-bond donors (Lipinski definition) is 1. The molecule has 3 heterocycles. The van der Waals surface area contributed by atoms with Crippen molar-refractivity contribution in [3.05, 3.63) is 65.7 Å². The lowest BCUT2D eigenvalue weighted by atomic mass is 9.87. The van der Waals surface area contributed by atoms with Gasteiger partial charge in [0.05, 0.1) is 11.1 Å². The summed E-state index contributed by atoms with van der Waals surface area (Å²) in [5.74, 6) is -0.885. The highest BCUT2D eigenvalue weighted by atomic mass is 19.4. The number of likely N-dealkylation sites (tertiary alicyclic amines) is 1. The number of carboxylic acid groups (broad SMARTS) is 1. The van der Waals surface area contributed by atoms with Crippen LogP contribution in [0.5, 0.6) is 0 Å². The zero-order chi connectivity index (χ0) is 36.4. The number of benzene rings is 1. The summed E-state index contributed by atoms with van der Waals surface area (Å²) in [5.41, 5.74) is -2.69. The number of hydrogen-bond acceptors (Lipinski definition) is 6. The number of aromatic nitrogens is 3. The highest BCUT2D eigenvalue weighted by Gasteiger charge is 2.45. The molecule has 5 rings (SSSR count). The Bertz CT molecular complexity index is 1610. The molecule has 50 heavy (non-hydrogen) atoms. The van der Waals surface area contributed by atoms with Crippen LogP contribution in [0.25, 0.3) is 11.1 Å². The number of nitrogens with zero attached hydrogens (tertiary/aromatic N) is 5. The fourth-order valence-corrected chi connectivity index (χ4v) is 7.24. The van der Waals surface area contributed by atoms with Crippen LogP contribution in [0.1, 0.15) is 81.9 Å². The van der Waals surface area contributed by atoms with Crippen molar-refractivity contribution in [3.8, 4) is 11.1 Å². The molecule has 1 N–H and O–H groups in total. The summed E-state index contributed by atoms with van der Waals surface area (Å²) in [6, 6.07) is 2.05. The van der Waals surface area contributed by atoms with E-state index >= 15 is 0 Å². The fourth-order valence-electron chi connectivity index (χ4n) is 7.24. The maximum Gasteiger partial charge on any atom is 0.416 e. The van der Waals surface area contributed by atoms with Gasteiger partial charge in [0.1, 0.15) is 12.0 Å². The molecule has 1 saturated carbocycles. The van der Waals surface area contributed by atoms with Gasteiger partial charge in [0.2, 0.25) is 5.95 Å². The van der Waals surface area contributed by atoms with Crippen LogP contribution in [-0.2, 0) is 35.5 Å². The molecule has 1 aromatic carbocycles. The van der Waals surface area contributed by atoms with Gasteiger partial charge in [0.25, 0.3) is 0 Å². The Morgan fingerprint density at radius 3 is 1.96 bits per heavy atom. The van der Waals surface area contributed by atoms with Gasteiger partial charge >= 0.3 is 24.4 Å². The molecule has 0 spiro atoms. The van der Waals surface area contributed by atoms with Crippen LogP contribution in [0.3, 0.4) is 0 Å². The predicted octanol–water partition coefficient (Wildman–Crippen LogP) is 8.33. The number of piperidine rings is 1. The van der Waals surface area contributed by atoms with E-state index in [0.717, 1.165) is 18.4 Å². The average Bonchev–Trinajstić information content (AvgIpc) is 3.75. The van der Waals surface area contributed by atoms with Gasteiger partial charge in [-0.1, -0.05) is 26.7 Å². The monoisotopic (exact) mass is 709 g/mol. The van der Waals surface area contributed by atoms with E-state index in [1.165, 1.54) is 0 Å². The minimum atomic E-state index is -5.02. The van der Waals surface area contributed by atoms with E-state index in [1.807, 2.05) is 43.9 Å². The summed E-state index contributed by atoms with van der Waals surface area (Å²) in [7, 11) is 1.85. The highest BCUT2D eigenvalue weighted by Crippen LogP contribution is 2.41. The van der Waals surface area contributed by atoms with Crippen LogP contribution in [0.2, 0.25) is 0 Å². The smallest absolute Gasteiger partial charge is 0.416 e. The van der Waals surface area contributed by atoms with Gasteiger partial charge in [-0.05, 0) is 68.4 Å². The van der Waals surface area contributed by atoms with E-state index in [9.17, 15) is 41.0 Å². The van der Waals surface area contributed by atoms with Gasteiger partial charge in [-0.15, -0.1) is 0 Å². The number of rotatable bonds is 10. The van der Waals surface area contributed by atoms with Crippen LogP contribution >= 0.6 is 0 Å². The van der Waals surface area contributed by atoms with E-state index in [2.05, 4.69) is 9.97 Å². The number of carbonyl (C=O) groups is 2. The number of anilines is 1. The summed E-state index contributed by atoms with van der Waals surface area (Å²) in [5, 5.41) is 9.87. The van der Waals surface area contributed by atoms with E-state index in [-0.39, 0.29) is 30.7 Å². The number of carbonyl (C=O) groups excluding carboxylic acids is 1. The number of alkyl halides is 6. The zero-order valence-corrected chi connectivity index (χ0v) is 28.1. The Morgan fingerprint density at radius 1 is 0.940 bits per heavy atom. The average molecular weight is 710 g/mol. The van der Waals surface area contributed by atoms with Crippen LogP contribution in [-0.4, -0.2) is 61.3 Å². The minimum Gasteiger partial charge on any atom is -0.481 e. The van der Waals surface area contributed by atoms with E-state index in [4.69, 9.17) is 4.74 Å².